The molecule has 14 heavy (non-hydrogen) atoms. The van der Waals surface area contributed by atoms with Crippen molar-refractivity contribution in [3.63, 3.8) is 0 Å². The molecule has 0 aliphatic heterocycles. The van der Waals surface area contributed by atoms with Crippen molar-refractivity contribution in [2.45, 2.75) is 52.4 Å². The smallest absolute Gasteiger partial charge is 0.0687 e. The lowest BCUT2D eigenvalue weighted by molar-refractivity contribution is 0.440. The Labute approximate surface area is 86.8 Å². The zero-order chi connectivity index (χ0) is 10.6. The van der Waals surface area contributed by atoms with Crippen LogP contribution in [0, 0.1) is 6.92 Å². The van der Waals surface area contributed by atoms with Crippen molar-refractivity contribution in [2.24, 2.45) is 0 Å². The van der Waals surface area contributed by atoms with Crippen LogP contribution in [-0.2, 0) is 5.41 Å². The van der Waals surface area contributed by atoms with Gasteiger partial charge in [0.25, 0.3) is 0 Å². The lowest BCUT2D eigenvalue weighted by Crippen LogP contribution is -2.19. The predicted octanol–water partition coefficient (Wildman–Crippen LogP) is 3.25. The number of hydrogen-bond acceptors (Lipinski definition) is 2. The van der Waals surface area contributed by atoms with Gasteiger partial charge in [0.2, 0.25) is 0 Å². The molecule has 0 aliphatic carbocycles. The molecule has 1 heterocycles. The Morgan fingerprint density at radius 3 is 2.43 bits per heavy atom. The third-order valence-corrected chi connectivity index (χ3v) is 2.65. The summed E-state index contributed by atoms with van der Waals surface area (Å²) in [6.07, 6.45) is 3.67. The normalized spacial score (nSPS) is 11.7. The van der Waals surface area contributed by atoms with E-state index in [2.05, 4.69) is 37.0 Å². The van der Waals surface area contributed by atoms with Gasteiger partial charge in [-0.05, 0) is 25.5 Å². The Hall–Kier alpha value is -0.920. The van der Waals surface area contributed by atoms with Gasteiger partial charge in [-0.25, -0.2) is 0 Å². The van der Waals surface area contributed by atoms with Crippen LogP contribution < -0.4 is 0 Å². The minimum atomic E-state index is 0.163. The summed E-state index contributed by atoms with van der Waals surface area (Å²) in [7, 11) is 0. The standard InChI is InChI=1S/C12H20N2/c1-5-6-9-12(3,4)11-8-7-10(2)13-14-11/h7-8H,5-6,9H2,1-4H3. The van der Waals surface area contributed by atoms with E-state index in [1.54, 1.807) is 0 Å². The number of hydrogen-bond donors (Lipinski definition) is 0. The lowest BCUT2D eigenvalue weighted by atomic mass is 9.84. The van der Waals surface area contributed by atoms with Gasteiger partial charge in [-0.3, -0.25) is 0 Å². The van der Waals surface area contributed by atoms with E-state index in [4.69, 9.17) is 0 Å². The summed E-state index contributed by atoms with van der Waals surface area (Å²) in [5, 5.41) is 8.36. The van der Waals surface area contributed by atoms with Crippen molar-refractivity contribution in [3.8, 4) is 0 Å². The number of unbranched alkanes of at least 4 members (excludes halogenated alkanes) is 1. The predicted molar refractivity (Wildman–Crippen MR) is 59.3 cm³/mol. The first-order valence-electron chi connectivity index (χ1n) is 5.37. The largest absolute Gasteiger partial charge is 0.156 e. The van der Waals surface area contributed by atoms with Crippen molar-refractivity contribution in [1.29, 1.82) is 0 Å². The second-order valence-electron chi connectivity index (χ2n) is 4.55. The zero-order valence-corrected chi connectivity index (χ0v) is 9.67. The fourth-order valence-corrected chi connectivity index (χ4v) is 1.51. The fraction of sp³-hybridized carbons (Fsp3) is 0.667. The van der Waals surface area contributed by atoms with Crippen LogP contribution in [0.5, 0.6) is 0 Å². The van der Waals surface area contributed by atoms with Gasteiger partial charge in [0, 0.05) is 5.41 Å². The van der Waals surface area contributed by atoms with Crippen molar-refractivity contribution in [3.05, 3.63) is 23.5 Å². The van der Waals surface area contributed by atoms with Gasteiger partial charge >= 0.3 is 0 Å². The van der Waals surface area contributed by atoms with E-state index < -0.39 is 0 Å². The van der Waals surface area contributed by atoms with Crippen molar-refractivity contribution in [1.82, 2.24) is 10.2 Å². The molecular formula is C12H20N2. The number of nitrogens with zero attached hydrogens (tertiary/aromatic N) is 2. The average Bonchev–Trinajstić information content (AvgIpc) is 2.16. The molecule has 0 fully saturated rings. The molecule has 0 N–H and O–H groups in total. The molecule has 1 aromatic heterocycles. The van der Waals surface area contributed by atoms with Gasteiger partial charge < -0.3 is 0 Å². The highest BCUT2D eigenvalue weighted by Gasteiger charge is 2.21. The van der Waals surface area contributed by atoms with Crippen LogP contribution in [-0.4, -0.2) is 10.2 Å². The van der Waals surface area contributed by atoms with E-state index in [1.807, 2.05) is 13.0 Å². The minimum Gasteiger partial charge on any atom is -0.156 e. The first-order valence-corrected chi connectivity index (χ1v) is 5.37. The van der Waals surface area contributed by atoms with Crippen LogP contribution in [0.4, 0.5) is 0 Å². The average molecular weight is 192 g/mol. The molecular weight excluding hydrogens is 172 g/mol. The maximum Gasteiger partial charge on any atom is 0.0687 e. The maximum atomic E-state index is 4.25. The van der Waals surface area contributed by atoms with Crippen LogP contribution in [0.25, 0.3) is 0 Å². The molecule has 0 saturated carbocycles. The first-order chi connectivity index (χ1) is 6.56. The third kappa shape index (κ3) is 2.79. The van der Waals surface area contributed by atoms with Crippen LogP contribution >= 0.6 is 0 Å². The third-order valence-electron chi connectivity index (χ3n) is 2.65. The topological polar surface area (TPSA) is 25.8 Å². The summed E-state index contributed by atoms with van der Waals surface area (Å²) in [6.45, 7) is 8.66. The Morgan fingerprint density at radius 1 is 1.21 bits per heavy atom. The summed E-state index contributed by atoms with van der Waals surface area (Å²) in [6, 6.07) is 4.13. The highest BCUT2D eigenvalue weighted by Crippen LogP contribution is 2.26. The van der Waals surface area contributed by atoms with Crippen molar-refractivity contribution in [2.75, 3.05) is 0 Å². The molecule has 0 aromatic carbocycles. The van der Waals surface area contributed by atoms with Crippen molar-refractivity contribution < 1.29 is 0 Å². The summed E-state index contributed by atoms with van der Waals surface area (Å²) in [5.41, 5.74) is 2.26. The van der Waals surface area contributed by atoms with Crippen LogP contribution in [0.1, 0.15) is 51.4 Å². The van der Waals surface area contributed by atoms with E-state index >= 15 is 0 Å². The van der Waals surface area contributed by atoms with E-state index in [-0.39, 0.29) is 5.41 Å². The quantitative estimate of drug-likeness (QED) is 0.731. The molecule has 0 aliphatic rings. The SMILES string of the molecule is CCCCC(C)(C)c1ccc(C)nn1. The Kier molecular flexibility index (Phi) is 3.62. The second kappa shape index (κ2) is 4.54. The molecule has 0 radical (unpaired) electrons. The lowest BCUT2D eigenvalue weighted by Gasteiger charge is -2.23. The summed E-state index contributed by atoms with van der Waals surface area (Å²) in [5.74, 6) is 0. The Balaban J connectivity index is 2.75. The van der Waals surface area contributed by atoms with Gasteiger partial charge in [0.15, 0.2) is 0 Å². The minimum absolute atomic E-state index is 0.163. The molecule has 0 unspecified atom stereocenters. The number of rotatable bonds is 4. The van der Waals surface area contributed by atoms with Gasteiger partial charge in [0.1, 0.15) is 0 Å². The molecule has 1 rings (SSSR count). The molecule has 0 bridgehead atoms. The van der Waals surface area contributed by atoms with Crippen LogP contribution in [0.2, 0.25) is 0 Å². The molecule has 0 atom stereocenters. The number of aromatic nitrogens is 2. The Bertz CT molecular complexity index is 275. The van der Waals surface area contributed by atoms with E-state index in [0.29, 0.717) is 0 Å². The van der Waals surface area contributed by atoms with Gasteiger partial charge in [-0.15, -0.1) is 0 Å². The molecule has 78 valence electrons. The van der Waals surface area contributed by atoms with Crippen LogP contribution in [0.3, 0.4) is 0 Å². The molecule has 2 heteroatoms. The van der Waals surface area contributed by atoms with E-state index in [0.717, 1.165) is 11.4 Å². The van der Waals surface area contributed by atoms with Crippen molar-refractivity contribution >= 4 is 0 Å². The second-order valence-corrected chi connectivity index (χ2v) is 4.55. The molecule has 2 nitrogen and oxygen atoms in total. The highest BCUT2D eigenvalue weighted by molar-refractivity contribution is 5.14. The van der Waals surface area contributed by atoms with Crippen LogP contribution in [0.15, 0.2) is 12.1 Å². The fourth-order valence-electron chi connectivity index (χ4n) is 1.51. The Morgan fingerprint density at radius 2 is 1.93 bits per heavy atom. The molecule has 0 saturated heterocycles. The molecule has 0 spiro atoms. The van der Waals surface area contributed by atoms with E-state index in [1.165, 1.54) is 19.3 Å². The van der Waals surface area contributed by atoms with Gasteiger partial charge in [-0.1, -0.05) is 33.6 Å². The van der Waals surface area contributed by atoms with Gasteiger partial charge in [-0.2, -0.15) is 10.2 Å². The summed E-state index contributed by atoms with van der Waals surface area (Å²) < 4.78 is 0. The van der Waals surface area contributed by atoms with E-state index in [9.17, 15) is 0 Å². The highest BCUT2D eigenvalue weighted by atomic mass is 15.1. The molecule has 0 amide bonds. The zero-order valence-electron chi connectivity index (χ0n) is 9.67. The first kappa shape index (κ1) is 11.2. The summed E-state index contributed by atoms with van der Waals surface area (Å²) >= 11 is 0. The monoisotopic (exact) mass is 192 g/mol. The van der Waals surface area contributed by atoms with Gasteiger partial charge in [0.05, 0.1) is 11.4 Å². The summed E-state index contributed by atoms with van der Waals surface area (Å²) in [4.78, 5) is 0. The number of aryl methyl sites for hydroxylation is 1. The molecule has 1 aromatic rings. The maximum absolute atomic E-state index is 4.25.